The van der Waals surface area contributed by atoms with E-state index in [1.807, 2.05) is 36.4 Å². The molecule has 1 atom stereocenters. The summed E-state index contributed by atoms with van der Waals surface area (Å²) >= 11 is 0. The van der Waals surface area contributed by atoms with Crippen molar-refractivity contribution in [2.45, 2.75) is 32.2 Å². The monoisotopic (exact) mass is 422 g/mol. The van der Waals surface area contributed by atoms with Crippen molar-refractivity contribution in [3.8, 4) is 22.4 Å². The number of hydrogen-bond acceptors (Lipinski definition) is 4. The van der Waals surface area contributed by atoms with Gasteiger partial charge < -0.3 is 11.1 Å². The van der Waals surface area contributed by atoms with Crippen LogP contribution in [0, 0.1) is 0 Å². The predicted molar refractivity (Wildman–Crippen MR) is 134 cm³/mol. The van der Waals surface area contributed by atoms with Crippen molar-refractivity contribution in [2.75, 3.05) is 11.9 Å². The standard InChI is InChI=1S/C28H30N4/c1-20(2)23-9-6-10-24(18-23)26-11-12-27(32-28(26)22-13-15-30-16-14-22)31-19-25(29)17-21-7-4-3-5-8-21/h3-16,18,20,25H,17,19,29H2,1-2H3,(H,31,32). The van der Waals surface area contributed by atoms with Crippen LogP contribution in [-0.4, -0.2) is 22.6 Å². The summed E-state index contributed by atoms with van der Waals surface area (Å²) in [5, 5.41) is 3.43. The fraction of sp³-hybridized carbons (Fsp3) is 0.214. The number of rotatable bonds is 8. The lowest BCUT2D eigenvalue weighted by molar-refractivity contribution is 0.698. The van der Waals surface area contributed by atoms with E-state index >= 15 is 0 Å². The largest absolute Gasteiger partial charge is 0.368 e. The Morgan fingerprint density at radius 1 is 0.844 bits per heavy atom. The number of aromatic nitrogens is 2. The number of nitrogens with one attached hydrogen (secondary N) is 1. The lowest BCUT2D eigenvalue weighted by Gasteiger charge is -2.16. The highest BCUT2D eigenvalue weighted by Gasteiger charge is 2.13. The first-order valence-corrected chi connectivity index (χ1v) is 11.2. The van der Waals surface area contributed by atoms with E-state index < -0.39 is 0 Å². The van der Waals surface area contributed by atoms with E-state index in [4.69, 9.17) is 10.7 Å². The summed E-state index contributed by atoms with van der Waals surface area (Å²) in [7, 11) is 0. The van der Waals surface area contributed by atoms with Gasteiger partial charge in [-0.05, 0) is 53.3 Å². The van der Waals surface area contributed by atoms with Gasteiger partial charge in [0, 0.05) is 36.1 Å². The van der Waals surface area contributed by atoms with Gasteiger partial charge in [0.1, 0.15) is 5.82 Å². The van der Waals surface area contributed by atoms with Crippen LogP contribution < -0.4 is 11.1 Å². The molecule has 0 amide bonds. The van der Waals surface area contributed by atoms with Crippen LogP contribution in [0.15, 0.2) is 91.3 Å². The number of pyridine rings is 2. The first-order chi connectivity index (χ1) is 15.6. The van der Waals surface area contributed by atoms with Crippen LogP contribution in [-0.2, 0) is 6.42 Å². The summed E-state index contributed by atoms with van der Waals surface area (Å²) in [5.74, 6) is 1.29. The maximum absolute atomic E-state index is 6.37. The van der Waals surface area contributed by atoms with Gasteiger partial charge in [0.15, 0.2) is 0 Å². The molecular weight excluding hydrogens is 392 g/mol. The second-order valence-corrected chi connectivity index (χ2v) is 8.44. The second-order valence-electron chi connectivity index (χ2n) is 8.44. The van der Waals surface area contributed by atoms with Gasteiger partial charge in [-0.2, -0.15) is 0 Å². The maximum Gasteiger partial charge on any atom is 0.126 e. The molecule has 0 fully saturated rings. The first-order valence-electron chi connectivity index (χ1n) is 11.2. The van der Waals surface area contributed by atoms with E-state index in [9.17, 15) is 0 Å². The Kier molecular flexibility index (Phi) is 6.93. The molecule has 0 spiro atoms. The van der Waals surface area contributed by atoms with Crippen LogP contribution >= 0.6 is 0 Å². The van der Waals surface area contributed by atoms with Crippen molar-refractivity contribution in [3.63, 3.8) is 0 Å². The highest BCUT2D eigenvalue weighted by molar-refractivity contribution is 5.82. The van der Waals surface area contributed by atoms with Crippen molar-refractivity contribution >= 4 is 5.82 Å². The zero-order valence-electron chi connectivity index (χ0n) is 18.7. The van der Waals surface area contributed by atoms with Crippen molar-refractivity contribution < 1.29 is 0 Å². The molecule has 4 heteroatoms. The number of hydrogen-bond donors (Lipinski definition) is 2. The SMILES string of the molecule is CC(C)c1cccc(-c2ccc(NCC(N)Cc3ccccc3)nc2-c2ccncc2)c1. The topological polar surface area (TPSA) is 63.8 Å². The molecule has 0 aliphatic rings. The van der Waals surface area contributed by atoms with Gasteiger partial charge in [-0.15, -0.1) is 0 Å². The zero-order valence-corrected chi connectivity index (χ0v) is 18.7. The quantitative estimate of drug-likeness (QED) is 0.370. The predicted octanol–water partition coefficient (Wildman–Crippen LogP) is 5.92. The average molecular weight is 423 g/mol. The Bertz CT molecular complexity index is 1140. The minimum absolute atomic E-state index is 0.00553. The molecule has 0 bridgehead atoms. The van der Waals surface area contributed by atoms with Crippen LogP contribution in [0.3, 0.4) is 0 Å². The molecule has 1 unspecified atom stereocenters. The molecule has 0 aliphatic carbocycles. The van der Waals surface area contributed by atoms with Gasteiger partial charge >= 0.3 is 0 Å². The highest BCUT2D eigenvalue weighted by Crippen LogP contribution is 2.33. The molecule has 0 aliphatic heterocycles. The minimum Gasteiger partial charge on any atom is -0.368 e. The van der Waals surface area contributed by atoms with E-state index in [0.29, 0.717) is 12.5 Å². The summed E-state index contributed by atoms with van der Waals surface area (Å²) in [6.45, 7) is 5.08. The van der Waals surface area contributed by atoms with Crippen molar-refractivity contribution in [2.24, 2.45) is 5.73 Å². The Morgan fingerprint density at radius 2 is 1.62 bits per heavy atom. The van der Waals surface area contributed by atoms with Crippen LogP contribution in [0.25, 0.3) is 22.4 Å². The third-order valence-electron chi connectivity index (χ3n) is 5.60. The average Bonchev–Trinajstić information content (AvgIpc) is 2.84. The summed E-state index contributed by atoms with van der Waals surface area (Å²) < 4.78 is 0. The summed E-state index contributed by atoms with van der Waals surface area (Å²) in [6, 6.07) is 27.2. The minimum atomic E-state index is 0.00553. The smallest absolute Gasteiger partial charge is 0.126 e. The molecule has 162 valence electrons. The molecule has 4 nitrogen and oxygen atoms in total. The van der Waals surface area contributed by atoms with E-state index in [2.05, 4.69) is 66.6 Å². The number of benzene rings is 2. The van der Waals surface area contributed by atoms with Crippen LogP contribution in [0.5, 0.6) is 0 Å². The first kappa shape index (κ1) is 21.7. The van der Waals surface area contributed by atoms with Crippen molar-refractivity contribution in [1.29, 1.82) is 0 Å². The molecule has 2 heterocycles. The Balaban J connectivity index is 1.60. The van der Waals surface area contributed by atoms with Crippen LogP contribution in [0.1, 0.15) is 30.9 Å². The Hall–Kier alpha value is -3.50. The Morgan fingerprint density at radius 3 is 2.38 bits per heavy atom. The lowest BCUT2D eigenvalue weighted by atomic mass is 9.95. The second kappa shape index (κ2) is 10.2. The molecule has 3 N–H and O–H groups in total. The molecule has 4 aromatic rings. The number of nitrogens with zero attached hydrogens (tertiary/aromatic N) is 2. The molecule has 32 heavy (non-hydrogen) atoms. The van der Waals surface area contributed by atoms with E-state index in [-0.39, 0.29) is 6.04 Å². The van der Waals surface area contributed by atoms with Gasteiger partial charge in [0.2, 0.25) is 0 Å². The van der Waals surface area contributed by atoms with E-state index in [0.717, 1.165) is 29.1 Å². The molecule has 2 aromatic carbocycles. The zero-order chi connectivity index (χ0) is 22.3. The summed E-state index contributed by atoms with van der Waals surface area (Å²) in [6.07, 6.45) is 4.44. The van der Waals surface area contributed by atoms with Crippen molar-refractivity contribution in [3.05, 3.63) is 102 Å². The van der Waals surface area contributed by atoms with Gasteiger partial charge in [-0.3, -0.25) is 4.98 Å². The lowest BCUT2D eigenvalue weighted by Crippen LogP contribution is -2.31. The highest BCUT2D eigenvalue weighted by atomic mass is 15.0. The number of nitrogens with two attached hydrogens (primary N) is 1. The third kappa shape index (κ3) is 5.40. The van der Waals surface area contributed by atoms with Gasteiger partial charge in [0.25, 0.3) is 0 Å². The third-order valence-corrected chi connectivity index (χ3v) is 5.60. The molecule has 0 radical (unpaired) electrons. The molecule has 4 rings (SSSR count). The van der Waals surface area contributed by atoms with Gasteiger partial charge in [-0.25, -0.2) is 4.98 Å². The van der Waals surface area contributed by atoms with Crippen molar-refractivity contribution in [1.82, 2.24) is 9.97 Å². The molecule has 0 saturated heterocycles. The number of anilines is 1. The molecule has 2 aromatic heterocycles. The summed E-state index contributed by atoms with van der Waals surface area (Å²) in [4.78, 5) is 9.15. The normalized spacial score (nSPS) is 12.0. The fourth-order valence-corrected chi connectivity index (χ4v) is 3.81. The molecular formula is C28H30N4. The summed E-state index contributed by atoms with van der Waals surface area (Å²) in [5.41, 5.74) is 13.2. The molecule has 0 saturated carbocycles. The van der Waals surface area contributed by atoms with Crippen LogP contribution in [0.2, 0.25) is 0 Å². The maximum atomic E-state index is 6.37. The van der Waals surface area contributed by atoms with E-state index in [1.165, 1.54) is 16.7 Å². The van der Waals surface area contributed by atoms with E-state index in [1.54, 1.807) is 12.4 Å². The Labute approximate surface area is 190 Å². The van der Waals surface area contributed by atoms with Gasteiger partial charge in [0.05, 0.1) is 5.69 Å². The van der Waals surface area contributed by atoms with Crippen LogP contribution in [0.4, 0.5) is 5.82 Å². The van der Waals surface area contributed by atoms with Gasteiger partial charge in [-0.1, -0.05) is 68.4 Å². The fourth-order valence-electron chi connectivity index (χ4n) is 3.81.